The molecule has 0 spiro atoms. The first-order chi connectivity index (χ1) is 16.8. The molecule has 0 radical (unpaired) electrons. The fourth-order valence-corrected chi connectivity index (χ4v) is 5.35. The largest absolute Gasteiger partial charge is 0.480 e. The standard InChI is InChI=1S/C27H33N3O5/c1-30(2)16-23(25(32)33)28-24(31)15-27(13-7-8-14-27)29-26(34)35-17-22-20-11-5-3-9-18(20)19-10-4-6-12-21(19)22/h3-6,9-12,22-23H,7-8,13-17H2,1-2H3,(H,28,31)(H,29,34)(H,32,33)/t23-/m0/s1. The molecule has 0 aromatic heterocycles. The lowest BCUT2D eigenvalue weighted by Gasteiger charge is -2.30. The minimum Gasteiger partial charge on any atom is -0.480 e. The van der Waals surface area contributed by atoms with Crippen molar-refractivity contribution in [2.45, 2.75) is 49.6 Å². The van der Waals surface area contributed by atoms with Gasteiger partial charge in [-0.1, -0.05) is 61.4 Å². The van der Waals surface area contributed by atoms with Crippen LogP contribution in [0.4, 0.5) is 4.79 Å². The average molecular weight is 480 g/mol. The van der Waals surface area contributed by atoms with Crippen molar-refractivity contribution in [3.05, 3.63) is 59.7 Å². The summed E-state index contributed by atoms with van der Waals surface area (Å²) in [4.78, 5) is 38.8. The molecule has 0 unspecified atom stereocenters. The number of rotatable bonds is 9. The number of hydrogen-bond donors (Lipinski definition) is 3. The minimum atomic E-state index is -1.09. The van der Waals surface area contributed by atoms with Gasteiger partial charge >= 0.3 is 12.1 Å². The number of benzene rings is 2. The van der Waals surface area contributed by atoms with Gasteiger partial charge in [0.15, 0.2) is 0 Å². The molecule has 4 rings (SSSR count). The molecule has 186 valence electrons. The molecule has 0 aliphatic heterocycles. The Hall–Kier alpha value is -3.39. The first-order valence-corrected chi connectivity index (χ1v) is 12.1. The Kier molecular flexibility index (Phi) is 7.40. The number of nitrogens with one attached hydrogen (secondary N) is 2. The number of alkyl carbamates (subject to hydrolysis) is 1. The van der Waals surface area contributed by atoms with Gasteiger partial charge < -0.3 is 25.4 Å². The Bertz CT molecular complexity index is 1050. The van der Waals surface area contributed by atoms with Crippen LogP contribution < -0.4 is 10.6 Å². The molecule has 8 heteroatoms. The van der Waals surface area contributed by atoms with Crippen LogP contribution in [0.15, 0.2) is 48.5 Å². The highest BCUT2D eigenvalue weighted by atomic mass is 16.5. The lowest BCUT2D eigenvalue weighted by atomic mass is 9.92. The maximum absolute atomic E-state index is 12.9. The van der Waals surface area contributed by atoms with E-state index in [1.807, 2.05) is 24.3 Å². The van der Waals surface area contributed by atoms with Crippen molar-refractivity contribution in [1.82, 2.24) is 15.5 Å². The Morgan fingerprint density at radius 3 is 2.14 bits per heavy atom. The Labute approximate surface area is 205 Å². The molecule has 2 aromatic carbocycles. The predicted octanol–water partition coefficient (Wildman–Crippen LogP) is 3.36. The van der Waals surface area contributed by atoms with Crippen molar-refractivity contribution >= 4 is 18.0 Å². The van der Waals surface area contributed by atoms with Gasteiger partial charge in [0.1, 0.15) is 12.6 Å². The number of carboxylic acids is 1. The number of hydrogen-bond acceptors (Lipinski definition) is 5. The fraction of sp³-hybridized carbons (Fsp3) is 0.444. The van der Waals surface area contributed by atoms with E-state index in [0.29, 0.717) is 12.8 Å². The second-order valence-electron chi connectivity index (χ2n) is 9.84. The molecule has 0 heterocycles. The van der Waals surface area contributed by atoms with E-state index in [-0.39, 0.29) is 31.4 Å². The number of carbonyl (C=O) groups is 3. The number of nitrogens with zero attached hydrogens (tertiary/aromatic N) is 1. The van der Waals surface area contributed by atoms with Gasteiger partial charge in [-0.25, -0.2) is 9.59 Å². The first kappa shape index (κ1) is 24.7. The summed E-state index contributed by atoms with van der Waals surface area (Å²) in [6, 6.07) is 15.3. The number of carboxylic acid groups (broad SMARTS) is 1. The highest BCUT2D eigenvalue weighted by Gasteiger charge is 2.39. The summed E-state index contributed by atoms with van der Waals surface area (Å²) in [5.41, 5.74) is 3.86. The minimum absolute atomic E-state index is 0.0222. The second-order valence-corrected chi connectivity index (χ2v) is 9.84. The third kappa shape index (κ3) is 5.65. The van der Waals surface area contributed by atoms with Gasteiger partial charge in [-0.3, -0.25) is 4.79 Å². The summed E-state index contributed by atoms with van der Waals surface area (Å²) in [7, 11) is 3.50. The smallest absolute Gasteiger partial charge is 0.407 e. The SMILES string of the molecule is CN(C)C[C@H](NC(=O)CC1(NC(=O)OCC2c3ccccc3-c3ccccc32)CCCC1)C(=O)O. The number of fused-ring (bicyclic) bond motifs is 3. The van der Waals surface area contributed by atoms with Crippen LogP contribution in [0.5, 0.6) is 0 Å². The maximum atomic E-state index is 12.9. The summed E-state index contributed by atoms with van der Waals surface area (Å²) in [6.07, 6.45) is 2.54. The Morgan fingerprint density at radius 1 is 1.03 bits per heavy atom. The van der Waals surface area contributed by atoms with E-state index in [1.54, 1.807) is 19.0 Å². The maximum Gasteiger partial charge on any atom is 0.407 e. The van der Waals surface area contributed by atoms with E-state index in [2.05, 4.69) is 34.9 Å². The van der Waals surface area contributed by atoms with Gasteiger partial charge in [0.25, 0.3) is 0 Å². The van der Waals surface area contributed by atoms with Crippen LogP contribution in [0.2, 0.25) is 0 Å². The topological polar surface area (TPSA) is 108 Å². The Balaban J connectivity index is 1.39. The van der Waals surface area contributed by atoms with Crippen LogP contribution in [-0.4, -0.2) is 66.8 Å². The third-order valence-corrected chi connectivity index (χ3v) is 6.95. The van der Waals surface area contributed by atoms with Gasteiger partial charge in [-0.2, -0.15) is 0 Å². The zero-order valence-electron chi connectivity index (χ0n) is 20.3. The van der Waals surface area contributed by atoms with Gasteiger partial charge in [0.2, 0.25) is 5.91 Å². The molecule has 3 N–H and O–H groups in total. The molecule has 1 atom stereocenters. The molecular formula is C27H33N3O5. The van der Waals surface area contributed by atoms with Gasteiger partial charge in [0, 0.05) is 18.9 Å². The molecule has 35 heavy (non-hydrogen) atoms. The van der Waals surface area contributed by atoms with Crippen LogP contribution in [0.1, 0.15) is 49.1 Å². The van der Waals surface area contributed by atoms with Crippen molar-refractivity contribution in [3.63, 3.8) is 0 Å². The molecule has 2 aromatic rings. The normalized spacial score (nSPS) is 16.9. The van der Waals surface area contributed by atoms with Crippen molar-refractivity contribution in [3.8, 4) is 11.1 Å². The van der Waals surface area contributed by atoms with Crippen LogP contribution in [0.3, 0.4) is 0 Å². The Morgan fingerprint density at radius 2 is 1.60 bits per heavy atom. The fourth-order valence-electron chi connectivity index (χ4n) is 5.35. The van der Waals surface area contributed by atoms with Crippen molar-refractivity contribution in [1.29, 1.82) is 0 Å². The second kappa shape index (κ2) is 10.5. The van der Waals surface area contributed by atoms with Gasteiger partial charge in [0.05, 0.1) is 5.54 Å². The number of ether oxygens (including phenoxy) is 1. The number of aliphatic carboxylic acids is 1. The molecule has 0 bridgehead atoms. The lowest BCUT2D eigenvalue weighted by Crippen LogP contribution is -2.53. The monoisotopic (exact) mass is 479 g/mol. The summed E-state index contributed by atoms with van der Waals surface area (Å²) in [6.45, 7) is 0.389. The number of carbonyl (C=O) groups excluding carboxylic acids is 2. The lowest BCUT2D eigenvalue weighted by molar-refractivity contribution is -0.142. The molecule has 1 saturated carbocycles. The summed E-state index contributed by atoms with van der Waals surface area (Å²) in [5, 5.41) is 15.0. The van der Waals surface area contributed by atoms with E-state index in [9.17, 15) is 19.5 Å². The zero-order valence-corrected chi connectivity index (χ0v) is 20.3. The highest BCUT2D eigenvalue weighted by Crippen LogP contribution is 2.44. The molecule has 0 saturated heterocycles. The van der Waals surface area contributed by atoms with E-state index >= 15 is 0 Å². The van der Waals surface area contributed by atoms with Gasteiger partial charge in [-0.05, 0) is 49.2 Å². The van der Waals surface area contributed by atoms with Crippen molar-refractivity contribution in [2.24, 2.45) is 0 Å². The van der Waals surface area contributed by atoms with Crippen LogP contribution in [0, 0.1) is 0 Å². The van der Waals surface area contributed by atoms with E-state index in [4.69, 9.17) is 4.74 Å². The van der Waals surface area contributed by atoms with Crippen molar-refractivity contribution in [2.75, 3.05) is 27.2 Å². The van der Waals surface area contributed by atoms with E-state index in [1.165, 1.54) is 0 Å². The highest BCUT2D eigenvalue weighted by molar-refractivity contribution is 5.85. The summed E-state index contributed by atoms with van der Waals surface area (Å²) in [5.74, 6) is -1.52. The quantitative estimate of drug-likeness (QED) is 0.509. The number of likely N-dealkylation sites (N-methyl/N-ethyl adjacent to an activating group) is 1. The van der Waals surface area contributed by atoms with Crippen molar-refractivity contribution < 1.29 is 24.2 Å². The van der Waals surface area contributed by atoms with Crippen LogP contribution in [0.25, 0.3) is 11.1 Å². The summed E-state index contributed by atoms with van der Waals surface area (Å²) >= 11 is 0. The van der Waals surface area contributed by atoms with Crippen LogP contribution >= 0.6 is 0 Å². The molecular weight excluding hydrogens is 446 g/mol. The van der Waals surface area contributed by atoms with E-state index < -0.39 is 23.6 Å². The van der Waals surface area contributed by atoms with Crippen LogP contribution in [-0.2, 0) is 14.3 Å². The first-order valence-electron chi connectivity index (χ1n) is 12.1. The molecule has 8 nitrogen and oxygen atoms in total. The molecule has 2 amide bonds. The number of amides is 2. The molecule has 1 fully saturated rings. The van der Waals surface area contributed by atoms with Gasteiger partial charge in [-0.15, -0.1) is 0 Å². The summed E-state index contributed by atoms with van der Waals surface area (Å²) < 4.78 is 5.70. The predicted molar refractivity (Wildman–Crippen MR) is 132 cm³/mol. The molecule has 2 aliphatic carbocycles. The zero-order chi connectivity index (χ0) is 25.0. The van der Waals surface area contributed by atoms with E-state index in [0.717, 1.165) is 35.1 Å². The molecule has 2 aliphatic rings. The average Bonchev–Trinajstić information content (AvgIpc) is 3.39. The third-order valence-electron chi connectivity index (χ3n) is 6.95.